The van der Waals surface area contributed by atoms with Crippen LogP contribution in [0.5, 0.6) is 0 Å². The first-order valence-corrected chi connectivity index (χ1v) is 19.7. The maximum absolute atomic E-state index is 14.6. The Labute approximate surface area is 315 Å². The number of amides is 4. The summed E-state index contributed by atoms with van der Waals surface area (Å²) in [6, 6.07) is 4.62. The number of likely N-dealkylation sites (tertiary alicyclic amines) is 1. The highest BCUT2D eigenvalue weighted by Gasteiger charge is 2.53. The first kappa shape index (κ1) is 41.8. The van der Waals surface area contributed by atoms with Crippen LogP contribution in [-0.2, 0) is 24.0 Å². The Balaban J connectivity index is 1.39. The van der Waals surface area contributed by atoms with Crippen molar-refractivity contribution in [2.75, 3.05) is 13.1 Å². The Bertz CT molecular complexity index is 1570. The molecule has 12 nitrogen and oxygen atoms in total. The van der Waals surface area contributed by atoms with Gasteiger partial charge in [-0.1, -0.05) is 83.6 Å². The summed E-state index contributed by atoms with van der Waals surface area (Å²) in [5, 5.41) is 27.9. The molecule has 2 aliphatic rings. The van der Waals surface area contributed by atoms with Gasteiger partial charge in [0.2, 0.25) is 17.7 Å². The minimum absolute atomic E-state index is 0.0275. The van der Waals surface area contributed by atoms with Gasteiger partial charge in [-0.25, -0.2) is 9.37 Å². The lowest BCUT2D eigenvalue weighted by Gasteiger charge is -2.36. The molecule has 53 heavy (non-hydrogen) atoms. The minimum Gasteiger partial charge on any atom is -0.481 e. The van der Waals surface area contributed by atoms with E-state index in [1.807, 2.05) is 31.2 Å². The average Bonchev–Trinajstić information content (AvgIpc) is 3.51. The third-order valence-corrected chi connectivity index (χ3v) is 11.0. The molecule has 2 fully saturated rings. The highest BCUT2D eigenvalue weighted by Crippen LogP contribution is 2.40. The van der Waals surface area contributed by atoms with Crippen LogP contribution in [0, 0.1) is 12.3 Å². The Kier molecular flexibility index (Phi) is 14.9. The van der Waals surface area contributed by atoms with Gasteiger partial charge in [0, 0.05) is 25.9 Å². The molecule has 4 rings (SSSR count). The van der Waals surface area contributed by atoms with Crippen LogP contribution in [0.4, 0.5) is 4.39 Å². The van der Waals surface area contributed by atoms with E-state index in [9.17, 15) is 33.5 Å². The number of halogens is 1. The maximum Gasteiger partial charge on any atom is 0.303 e. The van der Waals surface area contributed by atoms with Crippen molar-refractivity contribution in [2.45, 2.75) is 141 Å². The number of alkyl halides is 1. The number of hydrogen-bond acceptors (Lipinski definition) is 8. The summed E-state index contributed by atoms with van der Waals surface area (Å²) >= 11 is 1.52. The third kappa shape index (κ3) is 12.3. The molecule has 1 aromatic heterocycles. The van der Waals surface area contributed by atoms with Gasteiger partial charge in [-0.05, 0) is 49.1 Å². The number of carboxylic acid groups (broad SMARTS) is 1. The lowest BCUT2D eigenvalue weighted by Crippen LogP contribution is -2.59. The number of carboxylic acids is 1. The molecule has 4 amide bonds. The van der Waals surface area contributed by atoms with Crippen LogP contribution in [0.15, 0.2) is 29.8 Å². The number of aromatic nitrogens is 1. The van der Waals surface area contributed by atoms with E-state index in [0.29, 0.717) is 18.5 Å². The van der Waals surface area contributed by atoms with E-state index in [2.05, 4.69) is 20.9 Å². The molecule has 0 unspecified atom stereocenters. The van der Waals surface area contributed by atoms with Crippen LogP contribution in [0.2, 0.25) is 0 Å². The SMILES string of the molecule is Cc1ncsc1-c1ccc([C@H](CC(=O)NCCCCCCCCCCC(=O)O)NC(=O)[C@@H]2C[C@@H](O)CN2C(=O)[C@@H](NC(=O)C2(F)CC2)C(C)(C)C)cc1. The fourth-order valence-electron chi connectivity index (χ4n) is 6.63. The Morgan fingerprint density at radius 1 is 0.981 bits per heavy atom. The molecule has 292 valence electrons. The molecule has 14 heteroatoms. The summed E-state index contributed by atoms with van der Waals surface area (Å²) in [4.78, 5) is 71.1. The lowest BCUT2D eigenvalue weighted by atomic mass is 9.85. The molecule has 1 saturated carbocycles. The van der Waals surface area contributed by atoms with Gasteiger partial charge in [0.1, 0.15) is 12.1 Å². The van der Waals surface area contributed by atoms with Gasteiger partial charge in [-0.2, -0.15) is 0 Å². The van der Waals surface area contributed by atoms with Crippen molar-refractivity contribution in [3.63, 3.8) is 0 Å². The molecular formula is C39H56FN5O7S. The van der Waals surface area contributed by atoms with Crippen LogP contribution >= 0.6 is 11.3 Å². The molecule has 2 aromatic rings. The van der Waals surface area contributed by atoms with Crippen molar-refractivity contribution in [3.8, 4) is 10.4 Å². The maximum atomic E-state index is 14.6. The molecule has 2 heterocycles. The zero-order valence-electron chi connectivity index (χ0n) is 31.4. The molecule has 5 N–H and O–H groups in total. The number of aliphatic carboxylic acids is 1. The minimum atomic E-state index is -1.99. The number of hydrogen-bond donors (Lipinski definition) is 5. The molecule has 4 atom stereocenters. The summed E-state index contributed by atoms with van der Waals surface area (Å²) in [7, 11) is 0. The quantitative estimate of drug-likeness (QED) is 0.112. The number of aliphatic hydroxyl groups is 1. The number of aryl methyl sites for hydroxylation is 1. The first-order chi connectivity index (χ1) is 25.1. The van der Waals surface area contributed by atoms with E-state index < -0.39 is 59.0 Å². The van der Waals surface area contributed by atoms with Crippen molar-refractivity contribution in [1.82, 2.24) is 25.8 Å². The monoisotopic (exact) mass is 757 g/mol. The van der Waals surface area contributed by atoms with E-state index in [1.54, 1.807) is 26.3 Å². The molecule has 0 bridgehead atoms. The van der Waals surface area contributed by atoms with Crippen molar-refractivity contribution in [3.05, 3.63) is 41.0 Å². The predicted octanol–water partition coefficient (Wildman–Crippen LogP) is 5.37. The second-order valence-electron chi connectivity index (χ2n) is 15.6. The number of thiazole rings is 1. The molecule has 0 radical (unpaired) electrons. The van der Waals surface area contributed by atoms with Crippen LogP contribution in [0.1, 0.15) is 122 Å². The predicted molar refractivity (Wildman–Crippen MR) is 201 cm³/mol. The van der Waals surface area contributed by atoms with Crippen LogP contribution in [0.3, 0.4) is 0 Å². The fraction of sp³-hybridized carbons (Fsp3) is 0.641. The number of nitrogens with one attached hydrogen (secondary N) is 3. The highest BCUT2D eigenvalue weighted by atomic mass is 32.1. The summed E-state index contributed by atoms with van der Waals surface area (Å²) in [5.41, 5.74) is 1.52. The number of nitrogens with zero attached hydrogens (tertiary/aromatic N) is 2. The standard InChI is InChI=1S/C39H56FN5O7S/c1-25-33(53-24-42-25)27-16-14-26(15-17-27)29(22-31(47)41-20-12-10-8-6-5-7-9-11-13-32(48)49)43-35(50)30-21-28(46)23-45(30)36(51)34(38(2,3)4)44-37(52)39(40)18-19-39/h14-17,24,28-30,34,46H,5-13,18-23H2,1-4H3,(H,41,47)(H,43,50)(H,44,52)(H,48,49)/t28-,29+,30+,34-/m1/s1. The van der Waals surface area contributed by atoms with Gasteiger partial charge in [0.05, 0.1) is 34.6 Å². The van der Waals surface area contributed by atoms with E-state index in [-0.39, 0.29) is 44.6 Å². The van der Waals surface area contributed by atoms with Gasteiger partial charge in [-0.3, -0.25) is 24.0 Å². The van der Waals surface area contributed by atoms with Crippen molar-refractivity contribution in [1.29, 1.82) is 0 Å². The molecule has 1 aromatic carbocycles. The molecule has 0 spiro atoms. The van der Waals surface area contributed by atoms with Gasteiger partial charge in [0.25, 0.3) is 5.91 Å². The van der Waals surface area contributed by atoms with Gasteiger partial charge in [0.15, 0.2) is 5.67 Å². The average molecular weight is 758 g/mol. The van der Waals surface area contributed by atoms with Crippen LogP contribution < -0.4 is 16.0 Å². The summed E-state index contributed by atoms with van der Waals surface area (Å²) < 4.78 is 14.6. The smallest absolute Gasteiger partial charge is 0.303 e. The second-order valence-corrected chi connectivity index (χ2v) is 16.5. The Morgan fingerprint density at radius 2 is 1.60 bits per heavy atom. The molecule has 1 saturated heterocycles. The lowest BCUT2D eigenvalue weighted by molar-refractivity contribution is -0.145. The molecular weight excluding hydrogens is 702 g/mol. The third-order valence-electron chi connectivity index (χ3n) is 10.0. The number of unbranched alkanes of at least 4 members (excludes halogenated alkanes) is 7. The second kappa shape index (κ2) is 18.9. The van der Waals surface area contributed by atoms with Crippen LogP contribution in [0.25, 0.3) is 10.4 Å². The van der Waals surface area contributed by atoms with E-state index in [1.165, 1.54) is 16.2 Å². The highest BCUT2D eigenvalue weighted by molar-refractivity contribution is 7.13. The van der Waals surface area contributed by atoms with Gasteiger partial charge < -0.3 is 31.1 Å². The topological polar surface area (TPSA) is 178 Å². The molecule has 1 aliphatic carbocycles. The van der Waals surface area contributed by atoms with Crippen molar-refractivity contribution < 1.29 is 38.6 Å². The Morgan fingerprint density at radius 3 is 2.17 bits per heavy atom. The van der Waals surface area contributed by atoms with Gasteiger partial charge >= 0.3 is 5.97 Å². The van der Waals surface area contributed by atoms with Gasteiger partial charge in [-0.15, -0.1) is 11.3 Å². The molecule has 1 aliphatic heterocycles. The number of benzene rings is 1. The normalized spacial score (nSPS) is 18.9. The van der Waals surface area contributed by atoms with E-state index in [0.717, 1.165) is 61.1 Å². The van der Waals surface area contributed by atoms with E-state index >= 15 is 0 Å². The number of aliphatic hydroxyl groups excluding tert-OH is 1. The zero-order valence-corrected chi connectivity index (χ0v) is 32.2. The fourth-order valence-corrected chi connectivity index (χ4v) is 7.44. The number of β-amino-alcohol motifs (C(OH)–C–C–N with tert-alkyl or cyclic N) is 1. The van der Waals surface area contributed by atoms with Crippen molar-refractivity contribution >= 4 is 40.9 Å². The first-order valence-electron chi connectivity index (χ1n) is 18.9. The number of rotatable bonds is 20. The largest absolute Gasteiger partial charge is 0.481 e. The number of carbonyl (C=O) groups is 5. The zero-order chi connectivity index (χ0) is 38.8. The number of carbonyl (C=O) groups excluding carboxylic acids is 4. The van der Waals surface area contributed by atoms with E-state index in [4.69, 9.17) is 5.11 Å². The summed E-state index contributed by atoms with van der Waals surface area (Å²) in [5.74, 6) is -2.97. The van der Waals surface area contributed by atoms with Crippen molar-refractivity contribution in [2.24, 2.45) is 5.41 Å². The summed E-state index contributed by atoms with van der Waals surface area (Å²) in [6.07, 6.45) is 6.86. The van der Waals surface area contributed by atoms with Crippen LogP contribution in [-0.4, -0.2) is 86.6 Å². The Hall–Kier alpha value is -3.91. The summed E-state index contributed by atoms with van der Waals surface area (Å²) in [6.45, 7) is 7.52.